The van der Waals surface area contributed by atoms with E-state index in [2.05, 4.69) is 0 Å². The highest BCUT2D eigenvalue weighted by Crippen LogP contribution is 2.25. The zero-order valence-corrected chi connectivity index (χ0v) is 11.6. The highest BCUT2D eigenvalue weighted by molar-refractivity contribution is 7.91. The van der Waals surface area contributed by atoms with Crippen LogP contribution in [0.3, 0.4) is 0 Å². The van der Waals surface area contributed by atoms with Crippen molar-refractivity contribution in [1.82, 2.24) is 4.90 Å². The Morgan fingerprint density at radius 1 is 1.44 bits per heavy atom. The van der Waals surface area contributed by atoms with Crippen LogP contribution in [0.1, 0.15) is 17.5 Å². The van der Waals surface area contributed by atoms with Crippen molar-refractivity contribution in [3.63, 3.8) is 0 Å². The molecule has 0 amide bonds. The molecule has 1 fully saturated rings. The predicted molar refractivity (Wildman–Crippen MR) is 71.4 cm³/mol. The molecule has 1 atom stereocenters. The molecule has 1 saturated heterocycles. The number of para-hydroxylation sites is 1. The molecule has 1 aliphatic rings. The van der Waals surface area contributed by atoms with Gasteiger partial charge in [-0.25, -0.2) is 8.42 Å². The van der Waals surface area contributed by atoms with Crippen molar-refractivity contribution >= 4 is 9.84 Å². The molecular weight excluding hydrogens is 250 g/mol. The fourth-order valence-electron chi connectivity index (χ4n) is 2.37. The fraction of sp³-hybridized carbons (Fsp3) is 0.538. The molecular formula is C13H19NO3S. The first-order chi connectivity index (χ1) is 8.39. The number of phenols is 1. The monoisotopic (exact) mass is 269 g/mol. The topological polar surface area (TPSA) is 57.6 Å². The predicted octanol–water partition coefficient (Wildman–Crippen LogP) is 1.32. The van der Waals surface area contributed by atoms with Gasteiger partial charge < -0.3 is 5.11 Å². The minimum Gasteiger partial charge on any atom is -0.507 e. The number of hydrogen-bond acceptors (Lipinski definition) is 4. The van der Waals surface area contributed by atoms with Crippen molar-refractivity contribution < 1.29 is 13.5 Å². The van der Waals surface area contributed by atoms with Crippen molar-refractivity contribution in [2.45, 2.75) is 25.9 Å². The lowest BCUT2D eigenvalue weighted by molar-refractivity contribution is 0.250. The molecule has 1 aliphatic heterocycles. The number of rotatable bonds is 3. The summed E-state index contributed by atoms with van der Waals surface area (Å²) in [5, 5.41) is 9.95. The standard InChI is InChI=1S/C13H19NO3S/c1-10-4-3-5-11(13(10)15)8-14(2)12-6-7-18(16,17)9-12/h3-5,12,15H,6-9H2,1-2H3. The van der Waals surface area contributed by atoms with E-state index in [1.54, 1.807) is 0 Å². The van der Waals surface area contributed by atoms with Gasteiger partial charge in [0.25, 0.3) is 0 Å². The molecule has 1 aromatic rings. The SMILES string of the molecule is Cc1cccc(CN(C)C2CCS(=O)(=O)C2)c1O. The number of hydrogen-bond donors (Lipinski definition) is 1. The average Bonchev–Trinajstić information content (AvgIpc) is 2.65. The van der Waals surface area contributed by atoms with E-state index in [-0.39, 0.29) is 17.5 Å². The summed E-state index contributed by atoms with van der Waals surface area (Å²) in [4.78, 5) is 2.01. The number of phenolic OH excluding ortho intramolecular Hbond substituents is 1. The number of benzene rings is 1. The molecule has 1 N–H and O–H groups in total. The van der Waals surface area contributed by atoms with E-state index in [1.807, 2.05) is 37.1 Å². The summed E-state index contributed by atoms with van der Waals surface area (Å²) >= 11 is 0. The van der Waals surface area contributed by atoms with Crippen LogP contribution in [0.2, 0.25) is 0 Å². The molecule has 0 radical (unpaired) electrons. The maximum atomic E-state index is 11.4. The number of aryl methyl sites for hydroxylation is 1. The Labute approximate surface area is 108 Å². The first-order valence-electron chi connectivity index (χ1n) is 6.07. The maximum absolute atomic E-state index is 11.4. The normalized spacial score (nSPS) is 22.5. The number of aromatic hydroxyl groups is 1. The molecule has 18 heavy (non-hydrogen) atoms. The van der Waals surface area contributed by atoms with Crippen LogP contribution in [0.5, 0.6) is 5.75 Å². The third-order valence-corrected chi connectivity index (χ3v) is 5.32. The Morgan fingerprint density at radius 3 is 2.78 bits per heavy atom. The van der Waals surface area contributed by atoms with E-state index in [9.17, 15) is 13.5 Å². The molecule has 0 spiro atoms. The van der Waals surface area contributed by atoms with Gasteiger partial charge in [-0.2, -0.15) is 0 Å². The van der Waals surface area contributed by atoms with Crippen LogP contribution in [0.4, 0.5) is 0 Å². The molecule has 5 heteroatoms. The highest BCUT2D eigenvalue weighted by atomic mass is 32.2. The molecule has 0 aromatic heterocycles. The summed E-state index contributed by atoms with van der Waals surface area (Å²) in [6.45, 7) is 2.44. The van der Waals surface area contributed by atoms with Crippen LogP contribution >= 0.6 is 0 Å². The van der Waals surface area contributed by atoms with Crippen LogP contribution in [-0.4, -0.2) is 43.0 Å². The van der Waals surface area contributed by atoms with Crippen molar-refractivity contribution in [3.8, 4) is 5.75 Å². The van der Waals surface area contributed by atoms with Gasteiger partial charge >= 0.3 is 0 Å². The summed E-state index contributed by atoms with van der Waals surface area (Å²) < 4.78 is 22.9. The molecule has 2 rings (SSSR count). The third-order valence-electron chi connectivity index (χ3n) is 3.57. The summed E-state index contributed by atoms with van der Waals surface area (Å²) in [7, 11) is -0.945. The summed E-state index contributed by atoms with van der Waals surface area (Å²) in [6, 6.07) is 5.71. The van der Waals surface area contributed by atoms with Gasteiger partial charge in [0, 0.05) is 18.2 Å². The Balaban J connectivity index is 2.08. The molecule has 0 saturated carbocycles. The smallest absolute Gasteiger partial charge is 0.151 e. The van der Waals surface area contributed by atoms with Gasteiger partial charge in [-0.1, -0.05) is 18.2 Å². The van der Waals surface area contributed by atoms with Gasteiger partial charge in [-0.15, -0.1) is 0 Å². The van der Waals surface area contributed by atoms with Crippen molar-refractivity contribution in [2.75, 3.05) is 18.6 Å². The largest absolute Gasteiger partial charge is 0.507 e. The number of sulfone groups is 1. The van der Waals surface area contributed by atoms with Gasteiger partial charge in [0.1, 0.15) is 5.75 Å². The van der Waals surface area contributed by atoms with Crippen LogP contribution in [0.15, 0.2) is 18.2 Å². The molecule has 4 nitrogen and oxygen atoms in total. The first kappa shape index (κ1) is 13.4. The lowest BCUT2D eigenvalue weighted by Gasteiger charge is -2.23. The van der Waals surface area contributed by atoms with Crippen LogP contribution < -0.4 is 0 Å². The summed E-state index contributed by atoms with van der Waals surface area (Å²) in [5.74, 6) is 0.822. The third kappa shape index (κ3) is 2.84. The Morgan fingerprint density at radius 2 is 2.17 bits per heavy atom. The average molecular weight is 269 g/mol. The van der Waals surface area contributed by atoms with Gasteiger partial charge in [0.15, 0.2) is 9.84 Å². The molecule has 1 aromatic carbocycles. The van der Waals surface area contributed by atoms with E-state index in [4.69, 9.17) is 0 Å². The van der Waals surface area contributed by atoms with Gasteiger partial charge in [0.2, 0.25) is 0 Å². The van der Waals surface area contributed by atoms with E-state index in [0.29, 0.717) is 18.7 Å². The molecule has 1 unspecified atom stereocenters. The van der Waals surface area contributed by atoms with E-state index < -0.39 is 9.84 Å². The second kappa shape index (κ2) is 4.90. The second-order valence-electron chi connectivity index (χ2n) is 5.05. The van der Waals surface area contributed by atoms with Gasteiger partial charge in [0.05, 0.1) is 11.5 Å². The molecule has 0 bridgehead atoms. The quantitative estimate of drug-likeness (QED) is 0.899. The Kier molecular flexibility index (Phi) is 3.64. The fourth-order valence-corrected chi connectivity index (χ4v) is 4.17. The van der Waals surface area contributed by atoms with Crippen LogP contribution in [-0.2, 0) is 16.4 Å². The van der Waals surface area contributed by atoms with Gasteiger partial charge in [-0.05, 0) is 26.0 Å². The van der Waals surface area contributed by atoms with E-state index in [0.717, 1.165) is 11.1 Å². The minimum absolute atomic E-state index is 0.0647. The maximum Gasteiger partial charge on any atom is 0.151 e. The van der Waals surface area contributed by atoms with Crippen molar-refractivity contribution in [1.29, 1.82) is 0 Å². The summed E-state index contributed by atoms with van der Waals surface area (Å²) in [6.07, 6.45) is 0.686. The van der Waals surface area contributed by atoms with E-state index in [1.165, 1.54) is 0 Å². The minimum atomic E-state index is -2.86. The number of nitrogens with zero attached hydrogens (tertiary/aromatic N) is 1. The van der Waals surface area contributed by atoms with Crippen molar-refractivity contribution in [3.05, 3.63) is 29.3 Å². The molecule has 1 heterocycles. The van der Waals surface area contributed by atoms with Crippen LogP contribution in [0.25, 0.3) is 0 Å². The van der Waals surface area contributed by atoms with E-state index >= 15 is 0 Å². The Bertz CT molecular complexity index is 539. The van der Waals surface area contributed by atoms with Crippen LogP contribution in [0, 0.1) is 6.92 Å². The summed E-state index contributed by atoms with van der Waals surface area (Å²) in [5.41, 5.74) is 1.70. The second-order valence-corrected chi connectivity index (χ2v) is 7.28. The zero-order chi connectivity index (χ0) is 13.3. The molecule has 100 valence electrons. The lowest BCUT2D eigenvalue weighted by atomic mass is 10.1. The van der Waals surface area contributed by atoms with Gasteiger partial charge in [-0.3, -0.25) is 4.90 Å². The molecule has 0 aliphatic carbocycles. The Hall–Kier alpha value is -1.07. The zero-order valence-electron chi connectivity index (χ0n) is 10.8. The first-order valence-corrected chi connectivity index (χ1v) is 7.89. The highest BCUT2D eigenvalue weighted by Gasteiger charge is 2.30. The lowest BCUT2D eigenvalue weighted by Crippen LogP contribution is -2.32. The van der Waals surface area contributed by atoms with Crippen molar-refractivity contribution in [2.24, 2.45) is 0 Å².